The highest BCUT2D eigenvalue weighted by atomic mass is 127. The van der Waals surface area contributed by atoms with Crippen LogP contribution in [0.5, 0.6) is 5.75 Å². The van der Waals surface area contributed by atoms with Crippen molar-refractivity contribution in [3.63, 3.8) is 0 Å². The van der Waals surface area contributed by atoms with Gasteiger partial charge in [-0.2, -0.15) is 0 Å². The van der Waals surface area contributed by atoms with Gasteiger partial charge in [-0.1, -0.05) is 23.7 Å². The van der Waals surface area contributed by atoms with E-state index in [1.807, 2.05) is 38.1 Å². The fourth-order valence-corrected chi connectivity index (χ4v) is 1.83. The van der Waals surface area contributed by atoms with E-state index in [2.05, 4.69) is 15.6 Å². The Morgan fingerprint density at radius 2 is 2.05 bits per heavy atom. The van der Waals surface area contributed by atoms with Crippen LogP contribution in [0.15, 0.2) is 29.3 Å². The summed E-state index contributed by atoms with van der Waals surface area (Å²) in [5, 5.41) is 6.98. The maximum atomic E-state index is 6.06. The summed E-state index contributed by atoms with van der Waals surface area (Å²) in [4.78, 5) is 4.14. The smallest absolute Gasteiger partial charge is 0.191 e. The van der Waals surface area contributed by atoms with Crippen LogP contribution in [0.3, 0.4) is 0 Å². The first kappa shape index (κ1) is 21.3. The van der Waals surface area contributed by atoms with Gasteiger partial charge in [-0.25, -0.2) is 0 Å². The van der Waals surface area contributed by atoms with Crippen molar-refractivity contribution < 1.29 is 9.47 Å². The van der Waals surface area contributed by atoms with Gasteiger partial charge in [0, 0.05) is 20.2 Å². The molecule has 1 aromatic rings. The summed E-state index contributed by atoms with van der Waals surface area (Å²) in [5.74, 6) is 1.41. The van der Waals surface area contributed by atoms with Gasteiger partial charge in [0.25, 0.3) is 0 Å². The minimum Gasteiger partial charge on any atom is -0.487 e. The summed E-state index contributed by atoms with van der Waals surface area (Å²) in [5.41, 5.74) is 0. The number of para-hydroxylation sites is 1. The van der Waals surface area contributed by atoms with E-state index < -0.39 is 0 Å². The maximum Gasteiger partial charge on any atom is 0.191 e. The highest BCUT2D eigenvalue weighted by Gasteiger charge is 2.07. The molecule has 0 spiro atoms. The Morgan fingerprint density at radius 1 is 1.32 bits per heavy atom. The lowest BCUT2D eigenvalue weighted by molar-refractivity contribution is 0.152. The number of benzene rings is 1. The van der Waals surface area contributed by atoms with Crippen molar-refractivity contribution in [3.05, 3.63) is 29.3 Å². The molecule has 5 nitrogen and oxygen atoms in total. The fraction of sp³-hybridized carbons (Fsp3) is 0.533. The number of nitrogens with one attached hydrogen (secondary N) is 2. The Hall–Kier alpha value is -0.730. The van der Waals surface area contributed by atoms with E-state index in [1.54, 1.807) is 7.05 Å². The lowest BCUT2D eigenvalue weighted by atomic mass is 10.3. The number of hydrogen-bond donors (Lipinski definition) is 2. The molecule has 2 N–H and O–H groups in total. The molecule has 0 saturated carbocycles. The summed E-state index contributed by atoms with van der Waals surface area (Å²) in [6.45, 7) is 6.66. The molecule has 0 heterocycles. The second-order valence-electron chi connectivity index (χ2n) is 4.44. The normalized spacial score (nSPS) is 12.3. The molecular weight excluding hydrogens is 417 g/mol. The van der Waals surface area contributed by atoms with E-state index >= 15 is 0 Å². The number of hydrogen-bond acceptors (Lipinski definition) is 3. The third-order valence-electron chi connectivity index (χ3n) is 2.69. The first-order chi connectivity index (χ1) is 10.2. The highest BCUT2D eigenvalue weighted by Crippen LogP contribution is 2.23. The average molecular weight is 442 g/mol. The lowest BCUT2D eigenvalue weighted by Gasteiger charge is -2.18. The molecule has 7 heteroatoms. The number of ether oxygens (including phenoxy) is 2. The zero-order valence-corrected chi connectivity index (χ0v) is 16.4. The maximum absolute atomic E-state index is 6.06. The van der Waals surface area contributed by atoms with E-state index in [0.717, 1.165) is 12.6 Å². The van der Waals surface area contributed by atoms with Crippen LogP contribution in [-0.2, 0) is 4.74 Å². The van der Waals surface area contributed by atoms with Gasteiger partial charge in [0.15, 0.2) is 5.96 Å². The van der Waals surface area contributed by atoms with Crippen LogP contribution in [0.2, 0.25) is 5.02 Å². The summed E-state index contributed by atoms with van der Waals surface area (Å²) < 4.78 is 11.0. The molecule has 1 aromatic carbocycles. The van der Waals surface area contributed by atoms with E-state index in [-0.39, 0.29) is 30.1 Å². The van der Waals surface area contributed by atoms with Crippen molar-refractivity contribution in [2.24, 2.45) is 4.99 Å². The average Bonchev–Trinajstić information content (AvgIpc) is 2.49. The van der Waals surface area contributed by atoms with Gasteiger partial charge < -0.3 is 20.1 Å². The molecule has 22 heavy (non-hydrogen) atoms. The predicted molar refractivity (Wildman–Crippen MR) is 103 cm³/mol. The van der Waals surface area contributed by atoms with Crippen molar-refractivity contribution in [1.82, 2.24) is 10.6 Å². The third-order valence-corrected chi connectivity index (χ3v) is 3.00. The summed E-state index contributed by atoms with van der Waals surface area (Å²) in [6, 6.07) is 7.44. The van der Waals surface area contributed by atoms with Gasteiger partial charge in [0.2, 0.25) is 0 Å². The Balaban J connectivity index is 0.00000441. The molecule has 126 valence electrons. The number of rotatable bonds is 8. The zero-order valence-electron chi connectivity index (χ0n) is 13.3. The molecule has 0 aromatic heterocycles. The largest absolute Gasteiger partial charge is 0.487 e. The molecule has 0 saturated heterocycles. The van der Waals surface area contributed by atoms with Crippen LogP contribution >= 0.6 is 35.6 Å². The van der Waals surface area contributed by atoms with Crippen molar-refractivity contribution >= 4 is 41.5 Å². The molecule has 0 fully saturated rings. The summed E-state index contributed by atoms with van der Waals surface area (Å²) >= 11 is 6.06. The third kappa shape index (κ3) is 8.65. The molecule has 1 rings (SSSR count). The first-order valence-electron chi connectivity index (χ1n) is 7.10. The second kappa shape index (κ2) is 12.8. The number of aliphatic imine (C=N–C) groups is 1. The molecule has 0 amide bonds. The standard InChI is InChI=1S/C15H24ClN3O2.HI/c1-4-20-10-9-18-15(17-3)19-11-12(2)21-14-8-6-5-7-13(14)16;/h5-8,12H,4,9-11H2,1-3H3,(H2,17,18,19);1H. The molecule has 0 aliphatic rings. The molecule has 0 aliphatic heterocycles. The van der Waals surface area contributed by atoms with Crippen LogP contribution in [0, 0.1) is 0 Å². The van der Waals surface area contributed by atoms with E-state index in [9.17, 15) is 0 Å². The minimum atomic E-state index is -0.0321. The Kier molecular flexibility index (Phi) is 12.4. The Morgan fingerprint density at radius 3 is 2.68 bits per heavy atom. The number of guanidine groups is 1. The molecule has 0 bridgehead atoms. The van der Waals surface area contributed by atoms with Crippen LogP contribution in [0.1, 0.15) is 13.8 Å². The number of nitrogens with zero attached hydrogens (tertiary/aromatic N) is 1. The topological polar surface area (TPSA) is 54.9 Å². The van der Waals surface area contributed by atoms with Crippen molar-refractivity contribution in [1.29, 1.82) is 0 Å². The molecule has 1 unspecified atom stereocenters. The van der Waals surface area contributed by atoms with Crippen LogP contribution in [-0.4, -0.2) is 45.4 Å². The Labute approximate surface area is 154 Å². The number of halogens is 2. The van der Waals surface area contributed by atoms with Crippen molar-refractivity contribution in [2.75, 3.05) is 33.4 Å². The van der Waals surface area contributed by atoms with E-state index in [4.69, 9.17) is 21.1 Å². The van der Waals surface area contributed by atoms with Gasteiger partial charge in [-0.05, 0) is 26.0 Å². The van der Waals surface area contributed by atoms with Gasteiger partial charge >= 0.3 is 0 Å². The predicted octanol–water partition coefficient (Wildman–Crippen LogP) is 2.93. The van der Waals surface area contributed by atoms with Crippen LogP contribution in [0.25, 0.3) is 0 Å². The Bertz CT molecular complexity index is 447. The van der Waals surface area contributed by atoms with Crippen molar-refractivity contribution in [3.8, 4) is 5.75 Å². The van der Waals surface area contributed by atoms with Crippen LogP contribution < -0.4 is 15.4 Å². The van der Waals surface area contributed by atoms with E-state index in [1.165, 1.54) is 0 Å². The fourth-order valence-electron chi connectivity index (χ4n) is 1.65. The quantitative estimate of drug-likeness (QED) is 0.282. The SMILES string of the molecule is CCOCCNC(=NC)NCC(C)Oc1ccccc1Cl.I. The lowest BCUT2D eigenvalue weighted by Crippen LogP contribution is -2.42. The van der Waals surface area contributed by atoms with Crippen molar-refractivity contribution in [2.45, 2.75) is 20.0 Å². The van der Waals surface area contributed by atoms with Crippen LogP contribution in [0.4, 0.5) is 0 Å². The molecule has 1 atom stereocenters. The van der Waals surface area contributed by atoms with Gasteiger partial charge in [0.1, 0.15) is 11.9 Å². The first-order valence-corrected chi connectivity index (χ1v) is 7.48. The van der Waals surface area contributed by atoms with E-state index in [0.29, 0.717) is 30.5 Å². The molecule has 0 aliphatic carbocycles. The second-order valence-corrected chi connectivity index (χ2v) is 4.84. The van der Waals surface area contributed by atoms with Gasteiger partial charge in [-0.15, -0.1) is 24.0 Å². The van der Waals surface area contributed by atoms with Gasteiger partial charge in [0.05, 0.1) is 18.2 Å². The summed E-state index contributed by atoms with van der Waals surface area (Å²) in [7, 11) is 1.73. The molecule has 0 radical (unpaired) electrons. The zero-order chi connectivity index (χ0) is 15.5. The van der Waals surface area contributed by atoms with Gasteiger partial charge in [-0.3, -0.25) is 4.99 Å². The molecular formula is C15H25ClIN3O2. The summed E-state index contributed by atoms with van der Waals surface area (Å²) in [6.07, 6.45) is -0.0321. The highest BCUT2D eigenvalue weighted by molar-refractivity contribution is 14.0. The minimum absolute atomic E-state index is 0. The monoisotopic (exact) mass is 441 g/mol.